The number of thioether (sulfide) groups is 1. The number of ether oxygens (including phenoxy) is 2. The molecule has 6 atom stereocenters. The van der Waals surface area contributed by atoms with Gasteiger partial charge in [-0.3, -0.25) is 9.59 Å². The van der Waals surface area contributed by atoms with Crippen molar-refractivity contribution in [3.63, 3.8) is 0 Å². The number of hydrogen-bond acceptors (Lipinski definition) is 7. The molecule has 0 aromatic heterocycles. The van der Waals surface area contributed by atoms with Crippen molar-refractivity contribution in [1.29, 1.82) is 0 Å². The topological polar surface area (TPSA) is 123 Å². The minimum Gasteiger partial charge on any atom is -0.466 e. The first-order valence-corrected chi connectivity index (χ1v) is 18.1. The summed E-state index contributed by atoms with van der Waals surface area (Å²) in [6.45, 7) is 7.31. The molecule has 0 radical (unpaired) electrons. The smallest absolute Gasteiger partial charge is 0.331 e. The highest BCUT2D eigenvalue weighted by molar-refractivity contribution is 8.00. The van der Waals surface area contributed by atoms with Crippen LogP contribution < -0.4 is 16.0 Å². The van der Waals surface area contributed by atoms with Crippen molar-refractivity contribution < 1.29 is 28.7 Å². The highest BCUT2D eigenvalue weighted by atomic mass is 32.2. The predicted molar refractivity (Wildman–Crippen MR) is 180 cm³/mol. The molecule has 3 aliphatic rings. The van der Waals surface area contributed by atoms with E-state index in [0.29, 0.717) is 24.7 Å². The molecule has 3 rings (SSSR count). The van der Waals surface area contributed by atoms with Gasteiger partial charge in [0.2, 0.25) is 5.91 Å². The van der Waals surface area contributed by atoms with Crippen LogP contribution in [0.4, 0.5) is 4.79 Å². The summed E-state index contributed by atoms with van der Waals surface area (Å²) in [5, 5.41) is 9.49. The standard InChI is InChI=1S/C35H55N3O6S/c1-25(16-18-29-27(3)17-19-33(41)44-29)23-26(2)20-22-43-32(40)15-9-7-5-4-6-8-12-21-36-31(39)14-11-10-13-30-34-28(24-45-30)37-35(42)38-34/h16-19,23,26-30,34H,4-15,20-22,24H2,1-3H3,(H,36,39)(H2,37,38,42)/b18-16+,25-23-/t26-,27+,28+,29+,30+,34+/m1/s1. The Kier molecular flexibility index (Phi) is 16.6. The quantitative estimate of drug-likeness (QED) is 0.0593. The van der Waals surface area contributed by atoms with Crippen LogP contribution in [0.5, 0.6) is 0 Å². The van der Waals surface area contributed by atoms with E-state index in [1.54, 1.807) is 0 Å². The van der Waals surface area contributed by atoms with Crippen molar-refractivity contribution in [1.82, 2.24) is 16.0 Å². The molecule has 0 aliphatic carbocycles. The lowest BCUT2D eigenvalue weighted by Crippen LogP contribution is -2.36. The van der Waals surface area contributed by atoms with Crippen LogP contribution in [0.2, 0.25) is 0 Å². The lowest BCUT2D eigenvalue weighted by molar-refractivity contribution is -0.144. The second kappa shape index (κ2) is 20.4. The van der Waals surface area contributed by atoms with Gasteiger partial charge in [0.1, 0.15) is 6.10 Å². The van der Waals surface area contributed by atoms with Crippen LogP contribution in [0.1, 0.15) is 104 Å². The summed E-state index contributed by atoms with van der Waals surface area (Å²) in [7, 11) is 0. The van der Waals surface area contributed by atoms with E-state index >= 15 is 0 Å². The van der Waals surface area contributed by atoms with Crippen molar-refractivity contribution in [3.8, 4) is 0 Å². The summed E-state index contributed by atoms with van der Waals surface area (Å²) in [5.74, 6) is 1.13. The summed E-state index contributed by atoms with van der Waals surface area (Å²) in [5.41, 5.74) is 1.09. The van der Waals surface area contributed by atoms with Gasteiger partial charge in [-0.15, -0.1) is 0 Å². The maximum Gasteiger partial charge on any atom is 0.331 e. The van der Waals surface area contributed by atoms with Gasteiger partial charge in [-0.05, 0) is 51.0 Å². The summed E-state index contributed by atoms with van der Waals surface area (Å²) < 4.78 is 10.8. The molecule has 3 heterocycles. The molecule has 3 amide bonds. The van der Waals surface area contributed by atoms with Crippen molar-refractivity contribution in [2.75, 3.05) is 18.9 Å². The fraction of sp³-hybridized carbons (Fsp3) is 0.714. The van der Waals surface area contributed by atoms with Crippen LogP contribution in [-0.4, -0.2) is 66.2 Å². The first-order chi connectivity index (χ1) is 21.7. The highest BCUT2D eigenvalue weighted by Gasteiger charge is 2.42. The van der Waals surface area contributed by atoms with Crippen molar-refractivity contribution in [3.05, 3.63) is 36.0 Å². The number of hydrogen-bond donors (Lipinski definition) is 3. The number of fused-ring (bicyclic) bond motifs is 1. The number of carbonyl (C=O) groups is 4. The van der Waals surface area contributed by atoms with Crippen LogP contribution in [0.25, 0.3) is 0 Å². The molecule has 0 bridgehead atoms. The van der Waals surface area contributed by atoms with Crippen molar-refractivity contribution in [2.24, 2.45) is 11.8 Å². The van der Waals surface area contributed by atoms with Crippen LogP contribution in [0, 0.1) is 11.8 Å². The molecule has 0 unspecified atom stereocenters. The van der Waals surface area contributed by atoms with Gasteiger partial charge in [0, 0.05) is 42.4 Å². The molecule has 3 aliphatic heterocycles. The van der Waals surface area contributed by atoms with Crippen molar-refractivity contribution >= 4 is 35.6 Å². The zero-order chi connectivity index (χ0) is 32.4. The van der Waals surface area contributed by atoms with Crippen LogP contribution in [0.3, 0.4) is 0 Å². The third kappa shape index (κ3) is 14.5. The van der Waals surface area contributed by atoms with E-state index in [2.05, 4.69) is 29.0 Å². The Hall–Kier alpha value is -2.75. The molecule has 10 heteroatoms. The zero-order valence-electron chi connectivity index (χ0n) is 27.5. The summed E-state index contributed by atoms with van der Waals surface area (Å²) in [6, 6.07) is 0.457. The largest absolute Gasteiger partial charge is 0.466 e. The number of unbranched alkanes of at least 4 members (excludes halogenated alkanes) is 7. The first-order valence-electron chi connectivity index (χ1n) is 17.1. The molecular formula is C35H55N3O6S. The molecule has 0 saturated carbocycles. The van der Waals surface area contributed by atoms with Gasteiger partial charge in [0.25, 0.3) is 0 Å². The Morgan fingerprint density at radius 1 is 1.07 bits per heavy atom. The number of nitrogens with one attached hydrogen (secondary N) is 3. The van der Waals surface area contributed by atoms with E-state index in [-0.39, 0.29) is 53.9 Å². The molecule has 0 aromatic carbocycles. The number of cyclic esters (lactones) is 1. The van der Waals surface area contributed by atoms with Gasteiger partial charge in [0.15, 0.2) is 0 Å². The number of esters is 2. The third-order valence-corrected chi connectivity index (χ3v) is 10.2. The number of amides is 3. The Morgan fingerprint density at radius 2 is 1.80 bits per heavy atom. The molecule has 252 valence electrons. The number of urea groups is 1. The Bertz CT molecular complexity index is 1060. The number of rotatable bonds is 21. The number of allylic oxidation sites excluding steroid dienone is 3. The SMILES string of the molecule is CC(=C/[C@H](C)CCOC(=O)CCCCCCCCCNC(=O)CCCC[C@@H]1SC[C@@H]2NC(=O)N[C@@H]21)/C=C/[C@@H]1OC(=O)C=C[C@@H]1C. The van der Waals surface area contributed by atoms with E-state index in [1.165, 1.54) is 6.08 Å². The van der Waals surface area contributed by atoms with Crippen LogP contribution >= 0.6 is 11.8 Å². The monoisotopic (exact) mass is 645 g/mol. The van der Waals surface area contributed by atoms with Crippen molar-refractivity contribution in [2.45, 2.75) is 128 Å². The van der Waals surface area contributed by atoms with E-state index in [9.17, 15) is 19.2 Å². The van der Waals surface area contributed by atoms with Gasteiger partial charge < -0.3 is 25.4 Å². The fourth-order valence-electron chi connectivity index (χ4n) is 5.97. The van der Waals surface area contributed by atoms with E-state index in [4.69, 9.17) is 9.47 Å². The van der Waals surface area contributed by atoms with Gasteiger partial charge in [0.05, 0.1) is 18.7 Å². The summed E-state index contributed by atoms with van der Waals surface area (Å²) >= 11 is 1.92. The average Bonchev–Trinajstić information content (AvgIpc) is 3.55. The highest BCUT2D eigenvalue weighted by Crippen LogP contribution is 2.33. The van der Waals surface area contributed by atoms with E-state index in [0.717, 1.165) is 88.5 Å². The Balaban J connectivity index is 1.07. The Morgan fingerprint density at radius 3 is 2.60 bits per heavy atom. The molecule has 3 N–H and O–H groups in total. The maximum absolute atomic E-state index is 12.1. The fourth-order valence-corrected chi connectivity index (χ4v) is 7.51. The molecule has 0 aromatic rings. The van der Waals surface area contributed by atoms with Gasteiger partial charge >= 0.3 is 18.0 Å². The lowest BCUT2D eigenvalue weighted by Gasteiger charge is -2.21. The second-order valence-corrected chi connectivity index (χ2v) is 14.1. The molecule has 45 heavy (non-hydrogen) atoms. The Labute approximate surface area is 274 Å². The summed E-state index contributed by atoms with van der Waals surface area (Å²) in [6.07, 6.45) is 21.4. The molecular weight excluding hydrogens is 590 g/mol. The molecule has 2 saturated heterocycles. The minimum absolute atomic E-state index is 0.0466. The maximum atomic E-state index is 12.1. The van der Waals surface area contributed by atoms with E-state index < -0.39 is 0 Å². The number of carbonyl (C=O) groups excluding carboxylic acids is 4. The third-order valence-electron chi connectivity index (χ3n) is 8.70. The molecule has 2 fully saturated rings. The molecule has 9 nitrogen and oxygen atoms in total. The van der Waals surface area contributed by atoms with E-state index in [1.807, 2.05) is 43.8 Å². The lowest BCUT2D eigenvalue weighted by atomic mass is 10.00. The van der Waals surface area contributed by atoms with Gasteiger partial charge in [-0.25, -0.2) is 9.59 Å². The average molecular weight is 646 g/mol. The normalized spacial score (nSPS) is 25.0. The van der Waals surface area contributed by atoms with Crippen LogP contribution in [0.15, 0.2) is 36.0 Å². The summed E-state index contributed by atoms with van der Waals surface area (Å²) in [4.78, 5) is 47.1. The minimum atomic E-state index is -0.301. The van der Waals surface area contributed by atoms with Crippen LogP contribution in [-0.2, 0) is 23.9 Å². The zero-order valence-corrected chi connectivity index (χ0v) is 28.3. The molecule has 0 spiro atoms. The predicted octanol–water partition coefficient (Wildman–Crippen LogP) is 6.14. The van der Waals surface area contributed by atoms with Gasteiger partial charge in [-0.2, -0.15) is 11.8 Å². The van der Waals surface area contributed by atoms with Gasteiger partial charge in [-0.1, -0.05) is 76.2 Å². The first kappa shape index (κ1) is 36.7. The second-order valence-electron chi connectivity index (χ2n) is 12.8.